The van der Waals surface area contributed by atoms with E-state index in [0.717, 1.165) is 25.7 Å². The van der Waals surface area contributed by atoms with E-state index < -0.39 is 18.6 Å². The number of hydrogen-bond donors (Lipinski definition) is 2. The van der Waals surface area contributed by atoms with E-state index in [1.54, 1.807) is 0 Å². The topological polar surface area (TPSA) is 58.2 Å². The van der Waals surface area contributed by atoms with Gasteiger partial charge in [0.05, 0.1) is 0 Å². The highest BCUT2D eigenvalue weighted by Gasteiger charge is 2.16. The Labute approximate surface area is 82.2 Å². The number of urea groups is 1. The molecule has 80 valence electrons. The van der Waals surface area contributed by atoms with Crippen LogP contribution < -0.4 is 10.6 Å². The Morgan fingerprint density at radius 3 is 2.43 bits per heavy atom. The van der Waals surface area contributed by atoms with Crippen LogP contribution in [0.5, 0.6) is 0 Å². The molecule has 0 heterocycles. The molecule has 0 atom stereocenters. The first kappa shape index (κ1) is 10.9. The van der Waals surface area contributed by atoms with E-state index in [1.165, 1.54) is 6.42 Å². The Balaban J connectivity index is 2.21. The minimum Gasteiger partial charge on any atom is -0.335 e. The van der Waals surface area contributed by atoms with Crippen LogP contribution in [-0.4, -0.2) is 24.7 Å². The third-order valence-corrected chi connectivity index (χ3v) is 2.31. The fourth-order valence-corrected chi connectivity index (χ4v) is 1.63. The van der Waals surface area contributed by atoms with Gasteiger partial charge in [-0.2, -0.15) is 0 Å². The summed E-state index contributed by atoms with van der Waals surface area (Å²) in [4.78, 5) is 21.6. The molecule has 0 radical (unpaired) electrons. The number of carbonyl (C=O) groups is 2. The zero-order valence-electron chi connectivity index (χ0n) is 8.01. The Hall–Kier alpha value is -1.13. The van der Waals surface area contributed by atoms with E-state index in [2.05, 4.69) is 5.32 Å². The lowest BCUT2D eigenvalue weighted by molar-refractivity contribution is -0.120. The maximum Gasteiger partial charge on any atom is 0.321 e. The van der Waals surface area contributed by atoms with Crippen LogP contribution in [0.1, 0.15) is 32.1 Å². The summed E-state index contributed by atoms with van der Waals surface area (Å²) < 4.78 is 11.7. The van der Waals surface area contributed by atoms with E-state index in [-0.39, 0.29) is 6.04 Å². The molecule has 2 N–H and O–H groups in total. The summed E-state index contributed by atoms with van der Waals surface area (Å²) >= 11 is 0. The minimum absolute atomic E-state index is 0.135. The van der Waals surface area contributed by atoms with Crippen LogP contribution in [0.2, 0.25) is 0 Å². The summed E-state index contributed by atoms with van der Waals surface area (Å²) in [6.07, 6.45) is 5.28. The van der Waals surface area contributed by atoms with Gasteiger partial charge in [0.15, 0.2) is 6.67 Å². The molecule has 1 saturated carbocycles. The van der Waals surface area contributed by atoms with Gasteiger partial charge in [-0.25, -0.2) is 9.18 Å². The van der Waals surface area contributed by atoms with Crippen LogP contribution in [0, 0.1) is 0 Å². The molecule has 0 bridgehead atoms. The Kier molecular flexibility index (Phi) is 4.35. The van der Waals surface area contributed by atoms with Gasteiger partial charge in [0.2, 0.25) is 0 Å². The summed E-state index contributed by atoms with van der Waals surface area (Å²) in [5.74, 6) is -0.890. The summed E-state index contributed by atoms with van der Waals surface area (Å²) in [6.45, 7) is -1.15. The van der Waals surface area contributed by atoms with Gasteiger partial charge < -0.3 is 5.32 Å². The average Bonchev–Trinajstić information content (AvgIpc) is 2.19. The van der Waals surface area contributed by atoms with Gasteiger partial charge >= 0.3 is 6.03 Å². The quantitative estimate of drug-likeness (QED) is 0.704. The number of rotatable bonds is 2. The van der Waals surface area contributed by atoms with Gasteiger partial charge in [-0.3, -0.25) is 10.1 Å². The smallest absolute Gasteiger partial charge is 0.321 e. The van der Waals surface area contributed by atoms with Crippen molar-refractivity contribution in [3.63, 3.8) is 0 Å². The maximum atomic E-state index is 11.7. The zero-order chi connectivity index (χ0) is 10.4. The second-order valence-corrected chi connectivity index (χ2v) is 3.49. The molecule has 0 saturated heterocycles. The molecule has 0 aliphatic heterocycles. The highest BCUT2D eigenvalue weighted by molar-refractivity contribution is 5.94. The standard InChI is InChI=1S/C9H15FN2O2/c10-6-8(13)12-9(14)11-7-4-2-1-3-5-7/h7H,1-6H2,(H2,11,12,13,14). The summed E-state index contributed by atoms with van der Waals surface area (Å²) in [5, 5.41) is 4.56. The first-order valence-corrected chi connectivity index (χ1v) is 4.88. The third kappa shape index (κ3) is 3.72. The van der Waals surface area contributed by atoms with Crippen LogP contribution >= 0.6 is 0 Å². The zero-order valence-corrected chi connectivity index (χ0v) is 8.01. The van der Waals surface area contributed by atoms with E-state index in [0.29, 0.717) is 0 Å². The molecule has 3 amide bonds. The van der Waals surface area contributed by atoms with E-state index >= 15 is 0 Å². The van der Waals surface area contributed by atoms with Crippen molar-refractivity contribution < 1.29 is 14.0 Å². The van der Waals surface area contributed by atoms with E-state index in [4.69, 9.17) is 0 Å². The van der Waals surface area contributed by atoms with Crippen molar-refractivity contribution in [2.75, 3.05) is 6.67 Å². The number of imide groups is 1. The van der Waals surface area contributed by atoms with Crippen molar-refractivity contribution in [3.8, 4) is 0 Å². The van der Waals surface area contributed by atoms with Gasteiger partial charge in [0.25, 0.3) is 5.91 Å². The third-order valence-electron chi connectivity index (χ3n) is 2.31. The fraction of sp³-hybridized carbons (Fsp3) is 0.778. The molecular formula is C9H15FN2O2. The molecule has 0 unspecified atom stereocenters. The van der Waals surface area contributed by atoms with Crippen molar-refractivity contribution in [3.05, 3.63) is 0 Å². The molecular weight excluding hydrogens is 187 g/mol. The highest BCUT2D eigenvalue weighted by Crippen LogP contribution is 2.16. The van der Waals surface area contributed by atoms with E-state index in [1.807, 2.05) is 5.32 Å². The number of halogens is 1. The minimum atomic E-state index is -1.15. The number of carbonyl (C=O) groups excluding carboxylic acids is 2. The lowest BCUT2D eigenvalue weighted by Gasteiger charge is -2.22. The molecule has 4 nitrogen and oxygen atoms in total. The van der Waals surface area contributed by atoms with Gasteiger partial charge in [-0.05, 0) is 12.8 Å². The molecule has 14 heavy (non-hydrogen) atoms. The van der Waals surface area contributed by atoms with Crippen molar-refractivity contribution in [2.24, 2.45) is 0 Å². The molecule has 1 aliphatic rings. The SMILES string of the molecule is O=C(CF)NC(=O)NC1CCCCC1. The number of nitrogens with one attached hydrogen (secondary N) is 2. The van der Waals surface area contributed by atoms with Gasteiger partial charge in [-0.15, -0.1) is 0 Å². The van der Waals surface area contributed by atoms with Crippen molar-refractivity contribution in [1.82, 2.24) is 10.6 Å². The number of alkyl halides is 1. The summed E-state index contributed by atoms with van der Waals surface area (Å²) in [7, 11) is 0. The predicted molar refractivity (Wildman–Crippen MR) is 49.5 cm³/mol. The first-order chi connectivity index (χ1) is 6.72. The molecule has 0 aromatic carbocycles. The fourth-order valence-electron chi connectivity index (χ4n) is 1.63. The highest BCUT2D eigenvalue weighted by atomic mass is 19.1. The second-order valence-electron chi connectivity index (χ2n) is 3.49. The number of amides is 3. The maximum absolute atomic E-state index is 11.7. The Bertz CT molecular complexity index is 215. The largest absolute Gasteiger partial charge is 0.335 e. The van der Waals surface area contributed by atoms with Gasteiger partial charge in [-0.1, -0.05) is 19.3 Å². The van der Waals surface area contributed by atoms with Crippen molar-refractivity contribution in [2.45, 2.75) is 38.1 Å². The second kappa shape index (κ2) is 5.57. The molecule has 1 aliphatic carbocycles. The lowest BCUT2D eigenvalue weighted by atomic mass is 9.96. The predicted octanol–water partition coefficient (Wildman–Crippen LogP) is 1.11. The molecule has 0 aromatic heterocycles. The van der Waals surface area contributed by atoms with Crippen molar-refractivity contribution >= 4 is 11.9 Å². The molecule has 5 heteroatoms. The van der Waals surface area contributed by atoms with Gasteiger partial charge in [0.1, 0.15) is 0 Å². The first-order valence-electron chi connectivity index (χ1n) is 4.88. The molecule has 1 fully saturated rings. The van der Waals surface area contributed by atoms with Crippen LogP contribution in [0.4, 0.5) is 9.18 Å². The Morgan fingerprint density at radius 1 is 1.21 bits per heavy atom. The summed E-state index contributed by atoms with van der Waals surface area (Å²) in [5.41, 5.74) is 0. The van der Waals surface area contributed by atoms with Gasteiger partial charge in [0, 0.05) is 6.04 Å². The van der Waals surface area contributed by atoms with Crippen molar-refractivity contribution in [1.29, 1.82) is 0 Å². The normalized spacial score (nSPS) is 17.5. The number of hydrogen-bond acceptors (Lipinski definition) is 2. The molecule has 0 spiro atoms. The van der Waals surface area contributed by atoms with Crippen LogP contribution in [0.3, 0.4) is 0 Å². The molecule has 0 aromatic rings. The lowest BCUT2D eigenvalue weighted by Crippen LogP contribution is -2.45. The molecule has 1 rings (SSSR count). The van der Waals surface area contributed by atoms with Crippen LogP contribution in [-0.2, 0) is 4.79 Å². The van der Waals surface area contributed by atoms with Crippen LogP contribution in [0.15, 0.2) is 0 Å². The van der Waals surface area contributed by atoms with Crippen LogP contribution in [0.25, 0.3) is 0 Å². The monoisotopic (exact) mass is 202 g/mol. The Morgan fingerprint density at radius 2 is 1.86 bits per heavy atom. The average molecular weight is 202 g/mol. The summed E-state index contributed by atoms with van der Waals surface area (Å²) in [6, 6.07) is -0.448. The van der Waals surface area contributed by atoms with E-state index in [9.17, 15) is 14.0 Å².